The Kier molecular flexibility index (Phi) is 6.14. The number of amides is 2. The summed E-state index contributed by atoms with van der Waals surface area (Å²) < 4.78 is 0.789. The van der Waals surface area contributed by atoms with E-state index in [1.807, 2.05) is 13.0 Å². The molecule has 174 valence electrons. The monoisotopic (exact) mass is 648 g/mol. The van der Waals surface area contributed by atoms with Crippen molar-refractivity contribution < 1.29 is 19.5 Å². The summed E-state index contributed by atoms with van der Waals surface area (Å²) in [5.41, 5.74) is 3.37. The van der Waals surface area contributed by atoms with Gasteiger partial charge in [-0.15, -0.1) is 0 Å². The second-order valence-electron chi connectivity index (χ2n) is 8.75. The normalized spacial score (nSPS) is 24.5. The molecule has 9 heteroatoms. The number of aryl methyl sites for hydroxylation is 1. The largest absolute Gasteiger partial charge is 0.478 e. The van der Waals surface area contributed by atoms with Crippen LogP contribution in [0.1, 0.15) is 28.8 Å². The van der Waals surface area contributed by atoms with E-state index < -0.39 is 5.97 Å². The van der Waals surface area contributed by atoms with Crippen molar-refractivity contribution in [2.45, 2.75) is 29.4 Å². The van der Waals surface area contributed by atoms with Crippen molar-refractivity contribution in [2.75, 3.05) is 4.90 Å². The molecule has 1 aliphatic carbocycles. The number of carboxylic acid groups (broad SMARTS) is 1. The summed E-state index contributed by atoms with van der Waals surface area (Å²) in [6, 6.07) is 12.2. The summed E-state index contributed by atoms with van der Waals surface area (Å²) in [6.07, 6.45) is 1.24. The maximum atomic E-state index is 13.1. The fourth-order valence-electron chi connectivity index (χ4n) is 4.91. The number of hydrogen-bond acceptors (Lipinski definition) is 4. The summed E-state index contributed by atoms with van der Waals surface area (Å²) in [7, 11) is 0. The molecule has 0 bridgehead atoms. The van der Waals surface area contributed by atoms with Crippen LogP contribution in [0.5, 0.6) is 0 Å². The van der Waals surface area contributed by atoms with Crippen molar-refractivity contribution in [1.82, 2.24) is 4.98 Å². The first kappa shape index (κ1) is 23.6. The first-order chi connectivity index (χ1) is 16.2. The number of carbonyl (C=O) groups excluding carboxylic acids is 2. The summed E-state index contributed by atoms with van der Waals surface area (Å²) in [6.45, 7) is 1.89. The highest BCUT2D eigenvalue weighted by Crippen LogP contribution is 2.44. The van der Waals surface area contributed by atoms with E-state index in [9.17, 15) is 19.5 Å². The Bertz CT molecular complexity index is 1330. The number of carbonyl (C=O) groups is 3. The lowest BCUT2D eigenvalue weighted by molar-refractivity contribution is -0.122. The molecular weight excluding hydrogens is 632 g/mol. The van der Waals surface area contributed by atoms with Gasteiger partial charge in [0.1, 0.15) is 0 Å². The molecule has 4 unspecified atom stereocenters. The number of pyridine rings is 1. The molecule has 1 aliphatic heterocycles. The molecule has 1 saturated heterocycles. The zero-order valence-electron chi connectivity index (χ0n) is 18.0. The number of imide groups is 1. The predicted molar refractivity (Wildman–Crippen MR) is 141 cm³/mol. The molecule has 2 fully saturated rings. The summed E-state index contributed by atoms with van der Waals surface area (Å²) >= 11 is 10.6. The van der Waals surface area contributed by atoms with E-state index in [-0.39, 0.29) is 38.9 Å². The minimum Gasteiger partial charge on any atom is -0.478 e. The Morgan fingerprint density at radius 2 is 1.59 bits per heavy atom. The zero-order chi connectivity index (χ0) is 24.3. The van der Waals surface area contributed by atoms with Gasteiger partial charge in [0.2, 0.25) is 11.8 Å². The van der Waals surface area contributed by atoms with Crippen LogP contribution in [0, 0.1) is 18.8 Å². The number of halogens is 3. The van der Waals surface area contributed by atoms with E-state index in [0.29, 0.717) is 40.7 Å². The first-order valence-corrected chi connectivity index (χ1v) is 13.4. The molecule has 1 aromatic heterocycles. The van der Waals surface area contributed by atoms with Crippen LogP contribution in [0.2, 0.25) is 0 Å². The van der Waals surface area contributed by atoms with Gasteiger partial charge in [-0.25, -0.2) is 9.78 Å². The van der Waals surface area contributed by atoms with Gasteiger partial charge in [-0.1, -0.05) is 59.9 Å². The van der Waals surface area contributed by atoms with Crippen LogP contribution in [-0.4, -0.2) is 37.5 Å². The first-order valence-electron chi connectivity index (χ1n) is 10.8. The maximum Gasteiger partial charge on any atom is 0.336 e. The molecule has 2 amide bonds. The Morgan fingerprint density at radius 1 is 1.00 bits per heavy atom. The highest BCUT2D eigenvalue weighted by Gasteiger charge is 2.52. The fourth-order valence-corrected chi connectivity index (χ4v) is 6.72. The molecule has 0 radical (unpaired) electrons. The zero-order valence-corrected chi connectivity index (χ0v) is 22.7. The van der Waals surface area contributed by atoms with E-state index in [0.717, 1.165) is 10.0 Å². The minimum absolute atomic E-state index is 0.152. The van der Waals surface area contributed by atoms with Crippen LogP contribution in [-0.2, 0) is 9.59 Å². The average molecular weight is 651 g/mol. The number of anilines is 1. The number of rotatable bonds is 3. The van der Waals surface area contributed by atoms with E-state index in [1.54, 1.807) is 36.4 Å². The summed E-state index contributed by atoms with van der Waals surface area (Å²) in [5, 5.41) is 10.4. The van der Waals surface area contributed by atoms with Crippen LogP contribution < -0.4 is 4.90 Å². The smallest absolute Gasteiger partial charge is 0.336 e. The summed E-state index contributed by atoms with van der Waals surface area (Å²) in [4.78, 5) is 44.4. The van der Waals surface area contributed by atoms with Gasteiger partial charge in [-0.2, -0.15) is 0 Å². The van der Waals surface area contributed by atoms with Gasteiger partial charge in [0, 0.05) is 25.1 Å². The third kappa shape index (κ3) is 3.91. The average Bonchev–Trinajstić information content (AvgIpc) is 3.03. The van der Waals surface area contributed by atoms with Gasteiger partial charge in [-0.3, -0.25) is 14.5 Å². The molecule has 1 saturated carbocycles. The highest BCUT2D eigenvalue weighted by atomic mass is 79.9. The van der Waals surface area contributed by atoms with Gasteiger partial charge in [0.05, 0.1) is 34.3 Å². The van der Waals surface area contributed by atoms with Crippen molar-refractivity contribution in [3.8, 4) is 11.3 Å². The second-order valence-corrected chi connectivity index (χ2v) is 12.0. The topological polar surface area (TPSA) is 87.6 Å². The van der Waals surface area contributed by atoms with Gasteiger partial charge >= 0.3 is 5.97 Å². The van der Waals surface area contributed by atoms with Gasteiger partial charge in [-0.05, 0) is 55.7 Å². The third-order valence-corrected chi connectivity index (χ3v) is 9.82. The van der Waals surface area contributed by atoms with Crippen LogP contribution in [0.15, 0.2) is 46.9 Å². The molecule has 0 spiro atoms. The van der Waals surface area contributed by atoms with E-state index in [2.05, 4.69) is 47.8 Å². The number of carboxylic acids is 1. The lowest BCUT2D eigenvalue weighted by Crippen LogP contribution is -2.34. The number of fused-ring (bicyclic) bond motifs is 2. The van der Waals surface area contributed by atoms with E-state index in [1.165, 1.54) is 4.90 Å². The van der Waals surface area contributed by atoms with Crippen molar-refractivity contribution in [3.05, 3.63) is 58.1 Å². The minimum atomic E-state index is -1.03. The van der Waals surface area contributed by atoms with Crippen molar-refractivity contribution in [1.29, 1.82) is 0 Å². The Morgan fingerprint density at radius 3 is 2.15 bits per heavy atom. The number of aromatic nitrogens is 1. The standard InChI is InChI=1S/C25H19Br3N2O4/c1-11-6-13(26)7-15-18(25(33)34)10-21(29-22(11)15)12-2-4-14(5-3-12)30-23(31)16-8-19(27)20(28)9-17(16)24(30)32/h2-7,10,16-17,19-20H,8-9H2,1H3,(H,33,34). The number of hydrogen-bond donors (Lipinski definition) is 1. The van der Waals surface area contributed by atoms with Crippen LogP contribution in [0.4, 0.5) is 5.69 Å². The number of benzene rings is 2. The number of alkyl halides is 2. The molecule has 3 aromatic rings. The highest BCUT2D eigenvalue weighted by molar-refractivity contribution is 9.12. The van der Waals surface area contributed by atoms with Crippen LogP contribution in [0.25, 0.3) is 22.2 Å². The number of nitrogens with zero attached hydrogens (tertiary/aromatic N) is 2. The SMILES string of the molecule is Cc1cc(Br)cc2c(C(=O)O)cc(-c3ccc(N4C(=O)C5CC(Br)C(Br)CC5C4=O)cc3)nc12. The van der Waals surface area contributed by atoms with E-state index in [4.69, 9.17) is 4.98 Å². The maximum absolute atomic E-state index is 13.1. The number of aromatic carboxylic acids is 1. The fraction of sp³-hybridized carbons (Fsp3) is 0.280. The quantitative estimate of drug-likeness (QED) is 0.274. The molecule has 34 heavy (non-hydrogen) atoms. The lowest BCUT2D eigenvalue weighted by atomic mass is 9.81. The molecule has 2 aromatic carbocycles. The lowest BCUT2D eigenvalue weighted by Gasteiger charge is -2.29. The van der Waals surface area contributed by atoms with Gasteiger partial charge < -0.3 is 5.11 Å². The summed E-state index contributed by atoms with van der Waals surface area (Å²) in [5.74, 6) is -1.98. The van der Waals surface area contributed by atoms with Crippen LogP contribution in [0.3, 0.4) is 0 Å². The Labute approximate surface area is 221 Å². The Balaban J connectivity index is 1.51. The molecule has 2 aliphatic rings. The Hall–Kier alpha value is -2.10. The van der Waals surface area contributed by atoms with Gasteiger partial charge in [0.15, 0.2) is 0 Å². The third-order valence-electron chi connectivity index (χ3n) is 6.63. The second kappa shape index (κ2) is 8.84. The molecule has 5 rings (SSSR count). The molecule has 1 N–H and O–H groups in total. The molecule has 4 atom stereocenters. The van der Waals surface area contributed by atoms with Crippen molar-refractivity contribution in [3.63, 3.8) is 0 Å². The van der Waals surface area contributed by atoms with Crippen LogP contribution >= 0.6 is 47.8 Å². The van der Waals surface area contributed by atoms with Crippen molar-refractivity contribution >= 4 is 82.2 Å². The van der Waals surface area contributed by atoms with E-state index >= 15 is 0 Å². The van der Waals surface area contributed by atoms with Crippen molar-refractivity contribution in [2.24, 2.45) is 11.8 Å². The van der Waals surface area contributed by atoms with Gasteiger partial charge in [0.25, 0.3) is 0 Å². The molecular formula is C25H19Br3N2O4. The predicted octanol–water partition coefficient (Wildman–Crippen LogP) is 6.10. The molecule has 2 heterocycles. The molecule has 6 nitrogen and oxygen atoms in total.